The Morgan fingerprint density at radius 1 is 0.871 bits per heavy atom. The van der Waals surface area contributed by atoms with Crippen LogP contribution in [0.5, 0.6) is 0 Å². The summed E-state index contributed by atoms with van der Waals surface area (Å²) in [5.41, 5.74) is 2.82. The Morgan fingerprint density at radius 2 is 1.77 bits per heavy atom. The Morgan fingerprint density at radius 3 is 2.58 bits per heavy atom. The minimum atomic E-state index is -0.00686. The van der Waals surface area contributed by atoms with Gasteiger partial charge in [0.05, 0.1) is 10.4 Å². The number of aromatic nitrogens is 1. The van der Waals surface area contributed by atoms with Crippen LogP contribution in [0.4, 0.5) is 11.5 Å². The minimum Gasteiger partial charge on any atom is -0.355 e. The molecule has 0 aliphatic carbocycles. The highest BCUT2D eigenvalue weighted by molar-refractivity contribution is 7.12. The maximum absolute atomic E-state index is 13.0. The monoisotopic (exact) mass is 432 g/mol. The Hall–Kier alpha value is -3.19. The fraction of sp³-hybridized carbons (Fsp3) is 0.292. The van der Waals surface area contributed by atoms with Crippen LogP contribution in [0.15, 0.2) is 60.1 Å². The topological polar surface area (TPSA) is 56.8 Å². The molecule has 2 aliphatic rings. The molecule has 2 aliphatic heterocycles. The first-order valence-corrected chi connectivity index (χ1v) is 11.5. The number of para-hydroxylation sites is 1. The smallest absolute Gasteiger partial charge is 0.263 e. The number of hydrogen-bond donors (Lipinski definition) is 0. The molecule has 31 heavy (non-hydrogen) atoms. The Balaban J connectivity index is 1.25. The molecule has 1 aromatic carbocycles. The van der Waals surface area contributed by atoms with Crippen LogP contribution in [-0.2, 0) is 6.42 Å². The fourth-order valence-corrected chi connectivity index (χ4v) is 5.00. The van der Waals surface area contributed by atoms with E-state index < -0.39 is 0 Å². The third-order valence-electron chi connectivity index (χ3n) is 5.97. The number of benzene rings is 1. The Kier molecular flexibility index (Phi) is 5.42. The molecule has 158 valence electrons. The second kappa shape index (κ2) is 8.51. The molecule has 0 N–H and O–H groups in total. The SMILES string of the molecule is O=C(c1cccs1)N1CCCN(c2ccc(C(=O)N3CCc4ccccc43)cn2)CC1. The number of hydrogen-bond acceptors (Lipinski definition) is 5. The van der Waals surface area contributed by atoms with E-state index in [-0.39, 0.29) is 11.8 Å². The molecule has 0 bridgehead atoms. The van der Waals surface area contributed by atoms with Crippen LogP contribution in [0, 0.1) is 0 Å². The molecule has 1 saturated heterocycles. The summed E-state index contributed by atoms with van der Waals surface area (Å²) in [5.74, 6) is 0.952. The predicted molar refractivity (Wildman–Crippen MR) is 123 cm³/mol. The lowest BCUT2D eigenvalue weighted by molar-refractivity contribution is 0.0771. The van der Waals surface area contributed by atoms with Crippen molar-refractivity contribution in [3.05, 3.63) is 76.1 Å². The van der Waals surface area contributed by atoms with Crippen molar-refractivity contribution in [3.63, 3.8) is 0 Å². The summed E-state index contributed by atoms with van der Waals surface area (Å²) in [7, 11) is 0. The average molecular weight is 433 g/mol. The second-order valence-electron chi connectivity index (χ2n) is 7.85. The normalized spacial score (nSPS) is 16.2. The van der Waals surface area contributed by atoms with Gasteiger partial charge in [0.15, 0.2) is 0 Å². The summed E-state index contributed by atoms with van der Waals surface area (Å²) in [5, 5.41) is 1.94. The molecule has 0 unspecified atom stereocenters. The second-order valence-corrected chi connectivity index (χ2v) is 8.80. The van der Waals surface area contributed by atoms with Crippen LogP contribution >= 0.6 is 11.3 Å². The summed E-state index contributed by atoms with van der Waals surface area (Å²) >= 11 is 1.49. The molecule has 6 nitrogen and oxygen atoms in total. The first-order valence-electron chi connectivity index (χ1n) is 10.6. The van der Waals surface area contributed by atoms with Gasteiger partial charge in [-0.3, -0.25) is 9.59 Å². The van der Waals surface area contributed by atoms with Gasteiger partial charge in [0.25, 0.3) is 11.8 Å². The van der Waals surface area contributed by atoms with Crippen LogP contribution in [0.3, 0.4) is 0 Å². The lowest BCUT2D eigenvalue weighted by Crippen LogP contribution is -2.35. The van der Waals surface area contributed by atoms with Gasteiger partial charge in [-0.1, -0.05) is 24.3 Å². The van der Waals surface area contributed by atoms with Gasteiger partial charge in [-0.2, -0.15) is 0 Å². The van der Waals surface area contributed by atoms with Crippen LogP contribution < -0.4 is 9.80 Å². The summed E-state index contributed by atoms with van der Waals surface area (Å²) in [6, 6.07) is 15.6. The van der Waals surface area contributed by atoms with Crippen molar-refractivity contribution in [2.75, 3.05) is 42.5 Å². The summed E-state index contributed by atoms with van der Waals surface area (Å²) in [4.78, 5) is 37.0. The molecule has 0 atom stereocenters. The molecule has 3 aromatic rings. The molecular weight excluding hydrogens is 408 g/mol. The number of fused-ring (bicyclic) bond motifs is 1. The van der Waals surface area contributed by atoms with E-state index in [9.17, 15) is 9.59 Å². The fourth-order valence-electron chi connectivity index (χ4n) is 4.31. The van der Waals surface area contributed by atoms with E-state index in [0.717, 1.165) is 48.9 Å². The van der Waals surface area contributed by atoms with Crippen molar-refractivity contribution in [1.82, 2.24) is 9.88 Å². The quantitative estimate of drug-likeness (QED) is 0.633. The van der Waals surface area contributed by atoms with E-state index >= 15 is 0 Å². The van der Waals surface area contributed by atoms with Crippen molar-refractivity contribution in [1.29, 1.82) is 0 Å². The lowest BCUT2D eigenvalue weighted by Gasteiger charge is -2.23. The number of rotatable bonds is 3. The van der Waals surface area contributed by atoms with Crippen LogP contribution in [0.25, 0.3) is 0 Å². The van der Waals surface area contributed by atoms with Crippen molar-refractivity contribution >= 4 is 34.7 Å². The standard InChI is InChI=1S/C24H24N4O2S/c29-23(28-13-10-18-5-1-2-6-20(18)28)19-8-9-22(25-17-19)26-11-4-12-27(15-14-26)24(30)21-7-3-16-31-21/h1-3,5-9,16-17H,4,10-15H2. The largest absolute Gasteiger partial charge is 0.355 e. The van der Waals surface area contributed by atoms with Gasteiger partial charge in [0.2, 0.25) is 0 Å². The minimum absolute atomic E-state index is 0.00686. The van der Waals surface area contributed by atoms with Gasteiger partial charge in [0, 0.05) is 44.6 Å². The molecule has 0 radical (unpaired) electrons. The van der Waals surface area contributed by atoms with E-state index in [0.29, 0.717) is 18.7 Å². The zero-order valence-corrected chi connectivity index (χ0v) is 18.1. The molecule has 2 aromatic heterocycles. The summed E-state index contributed by atoms with van der Waals surface area (Å²) in [6.45, 7) is 3.70. The molecule has 5 rings (SSSR count). The van der Waals surface area contributed by atoms with Gasteiger partial charge in [-0.25, -0.2) is 4.98 Å². The molecule has 7 heteroatoms. The number of carbonyl (C=O) groups excluding carboxylic acids is 2. The number of nitrogens with zero attached hydrogens (tertiary/aromatic N) is 4. The highest BCUT2D eigenvalue weighted by Crippen LogP contribution is 2.29. The van der Waals surface area contributed by atoms with Gasteiger partial charge in [-0.15, -0.1) is 11.3 Å². The maximum Gasteiger partial charge on any atom is 0.263 e. The molecule has 1 fully saturated rings. The molecular formula is C24H24N4O2S. The van der Waals surface area contributed by atoms with E-state index in [2.05, 4.69) is 16.0 Å². The third kappa shape index (κ3) is 3.93. The van der Waals surface area contributed by atoms with E-state index in [1.165, 1.54) is 16.9 Å². The first-order chi connectivity index (χ1) is 15.2. The zero-order valence-electron chi connectivity index (χ0n) is 17.2. The third-order valence-corrected chi connectivity index (χ3v) is 6.82. The number of amides is 2. The Labute approximate surface area is 185 Å². The van der Waals surface area contributed by atoms with Crippen LogP contribution in [-0.4, -0.2) is 54.4 Å². The van der Waals surface area contributed by atoms with Gasteiger partial charge in [-0.05, 0) is 48.1 Å². The maximum atomic E-state index is 13.0. The average Bonchev–Trinajstić information content (AvgIpc) is 3.43. The number of thiophene rings is 1. The van der Waals surface area contributed by atoms with Gasteiger partial charge < -0.3 is 14.7 Å². The van der Waals surface area contributed by atoms with Crippen molar-refractivity contribution < 1.29 is 9.59 Å². The molecule has 4 heterocycles. The molecule has 2 amide bonds. The summed E-state index contributed by atoms with van der Waals surface area (Å²) < 4.78 is 0. The molecule has 0 spiro atoms. The van der Waals surface area contributed by atoms with Crippen molar-refractivity contribution in [3.8, 4) is 0 Å². The van der Waals surface area contributed by atoms with Crippen LogP contribution in [0.2, 0.25) is 0 Å². The number of anilines is 2. The summed E-state index contributed by atoms with van der Waals surface area (Å²) in [6.07, 6.45) is 3.46. The number of carbonyl (C=O) groups is 2. The van der Waals surface area contributed by atoms with E-state index in [4.69, 9.17) is 0 Å². The first kappa shape index (κ1) is 19.8. The molecule has 0 saturated carbocycles. The highest BCUT2D eigenvalue weighted by atomic mass is 32.1. The lowest BCUT2D eigenvalue weighted by atomic mass is 10.2. The predicted octanol–water partition coefficient (Wildman–Crippen LogP) is 3.70. The Bertz CT molecular complexity index is 1080. The zero-order chi connectivity index (χ0) is 21.2. The van der Waals surface area contributed by atoms with Crippen molar-refractivity contribution in [2.24, 2.45) is 0 Å². The van der Waals surface area contributed by atoms with E-state index in [1.807, 2.05) is 57.6 Å². The van der Waals surface area contributed by atoms with Gasteiger partial charge >= 0.3 is 0 Å². The number of pyridine rings is 1. The highest BCUT2D eigenvalue weighted by Gasteiger charge is 2.26. The van der Waals surface area contributed by atoms with Crippen LogP contribution in [0.1, 0.15) is 32.0 Å². The van der Waals surface area contributed by atoms with Gasteiger partial charge in [0.1, 0.15) is 5.82 Å². The van der Waals surface area contributed by atoms with Crippen molar-refractivity contribution in [2.45, 2.75) is 12.8 Å². The van der Waals surface area contributed by atoms with E-state index in [1.54, 1.807) is 6.20 Å².